The molecule has 7 heteroatoms. The average Bonchev–Trinajstić information content (AvgIpc) is 2.33. The summed E-state index contributed by atoms with van der Waals surface area (Å²) in [6.07, 6.45) is 0. The first-order valence-electron chi connectivity index (χ1n) is 2.91. The molecule has 0 aromatic rings. The van der Waals surface area contributed by atoms with Crippen LogP contribution in [0.2, 0.25) is 0 Å². The van der Waals surface area contributed by atoms with E-state index in [-0.39, 0.29) is 5.96 Å². The van der Waals surface area contributed by atoms with Gasteiger partial charge in [0.05, 0.1) is 5.03 Å². The van der Waals surface area contributed by atoms with E-state index < -0.39 is 21.3 Å². The van der Waals surface area contributed by atoms with E-state index in [0.29, 0.717) is 16.6 Å². The van der Waals surface area contributed by atoms with Crippen molar-refractivity contribution in [1.29, 1.82) is 5.41 Å². The summed E-state index contributed by atoms with van der Waals surface area (Å²) >= 11 is 5.18. The summed E-state index contributed by atoms with van der Waals surface area (Å²) in [4.78, 5) is 0. The molecule has 0 saturated carbocycles. The molecule has 5 N–H and O–H groups in total. The summed E-state index contributed by atoms with van der Waals surface area (Å²) in [5, 5.41) is 9.92. The van der Waals surface area contributed by atoms with Crippen LogP contribution in [0.4, 0.5) is 0 Å². The molecule has 1 rings (SSSR count). The van der Waals surface area contributed by atoms with Crippen molar-refractivity contribution in [3.8, 4) is 0 Å². The molecule has 0 fully saturated rings. The normalized spacial score (nSPS) is 15.1. The van der Waals surface area contributed by atoms with Crippen molar-refractivity contribution in [3.05, 3.63) is 23.1 Å². The lowest BCUT2D eigenvalue weighted by Crippen LogP contribution is -2.33. The van der Waals surface area contributed by atoms with Crippen molar-refractivity contribution in [2.24, 2.45) is 8.88 Å². The summed E-state index contributed by atoms with van der Waals surface area (Å²) in [7, 11) is 0. The molecule has 0 aliphatic carbocycles. The average molecular weight is 300 g/mol. The first-order chi connectivity index (χ1) is 5.61. The molecule has 0 bridgehead atoms. The Morgan fingerprint density at radius 3 is 3.00 bits per heavy atom. The van der Waals surface area contributed by atoms with E-state index in [2.05, 4.69) is 18.6 Å². The maximum absolute atomic E-state index is 6.98. The van der Waals surface area contributed by atoms with Gasteiger partial charge >= 0.3 is 0 Å². The molecular formula is C5H7ClIN5. The van der Waals surface area contributed by atoms with Gasteiger partial charge in [-0.25, -0.2) is 3.15 Å². The number of halogens is 2. The number of nitrogens with two attached hydrogens (primary N) is 1. The fourth-order valence-corrected chi connectivity index (χ4v) is 2.40. The number of hydrogen-bond donors (Lipinski definition) is 4. The molecule has 0 unspecified atom stereocenters. The smallest absolute Gasteiger partial charge is 0.191 e. The van der Waals surface area contributed by atoms with Crippen LogP contribution in [0.25, 0.3) is 0 Å². The quantitative estimate of drug-likeness (QED) is 0.266. The third-order valence-corrected chi connectivity index (χ3v) is 2.70. The number of hydrogen-bond acceptors (Lipinski definition) is 3. The molecule has 5 nitrogen and oxygen atoms in total. The van der Waals surface area contributed by atoms with Gasteiger partial charge in [-0.05, 0) is 0 Å². The van der Waals surface area contributed by atoms with Gasteiger partial charge in [-0.1, -0.05) is 18.2 Å². The highest BCUT2D eigenvalue weighted by Crippen LogP contribution is 2.25. The highest BCUT2D eigenvalue weighted by molar-refractivity contribution is 14.1. The zero-order chi connectivity index (χ0) is 9.14. The maximum atomic E-state index is 6.98. The lowest BCUT2D eigenvalue weighted by Gasteiger charge is -2.05. The Balaban J connectivity index is 2.81. The van der Waals surface area contributed by atoms with E-state index in [9.17, 15) is 0 Å². The molecule has 0 spiro atoms. The molecule has 1 aliphatic rings. The monoisotopic (exact) mass is 299 g/mol. The van der Waals surface area contributed by atoms with Gasteiger partial charge in [-0.2, -0.15) is 0 Å². The van der Waals surface area contributed by atoms with Crippen LogP contribution >= 0.6 is 32.9 Å². The summed E-state index contributed by atoms with van der Waals surface area (Å²) in [6, 6.07) is 0. The molecule has 1 heterocycles. The van der Waals surface area contributed by atoms with Crippen molar-refractivity contribution in [3.63, 3.8) is 0 Å². The van der Waals surface area contributed by atoms with Gasteiger partial charge in [0.2, 0.25) is 0 Å². The van der Waals surface area contributed by atoms with Gasteiger partial charge < -0.3 is 14.6 Å². The molecule has 66 valence electrons. The Morgan fingerprint density at radius 2 is 2.50 bits per heavy atom. The fraction of sp³-hybridized carbons (Fsp3) is 0. The van der Waals surface area contributed by atoms with Crippen LogP contribution in [0.15, 0.2) is 26.3 Å². The highest BCUT2D eigenvalue weighted by Gasteiger charge is 2.12. The largest absolute Gasteiger partial charge is 0.370 e. The molecule has 0 amide bonds. The lowest BCUT2D eigenvalue weighted by molar-refractivity contribution is 0.996. The van der Waals surface area contributed by atoms with E-state index in [1.54, 1.807) is 0 Å². The maximum Gasteiger partial charge on any atom is 0.191 e. The third-order valence-electron chi connectivity index (χ3n) is 1.02. The van der Waals surface area contributed by atoms with E-state index in [1.807, 2.05) is 0 Å². The minimum absolute atomic E-state index is 0.144. The van der Waals surface area contributed by atoms with Gasteiger partial charge in [-0.3, -0.25) is 5.41 Å². The standard InChI is InChI=1S/C5H7ClIN5/c1-2(6)3-4(10-5(8)9)12-7-11-3/h1H2,(H,11,12)(H4,8,9,10). The summed E-state index contributed by atoms with van der Waals surface area (Å²) in [5.74, 6) is 0.435. The van der Waals surface area contributed by atoms with E-state index in [1.165, 1.54) is 0 Å². The zero-order valence-corrected chi connectivity index (χ0v) is 8.90. The van der Waals surface area contributed by atoms with Crippen molar-refractivity contribution >= 4 is 38.9 Å². The topological polar surface area (TPSA) is 86.3 Å². The van der Waals surface area contributed by atoms with Gasteiger partial charge in [0, 0.05) is 0 Å². The first kappa shape index (κ1) is 9.46. The molecule has 0 radical (unpaired) electrons. The number of nitrogens with one attached hydrogen (secondary N) is 3. The second-order valence-electron chi connectivity index (χ2n) is 1.93. The van der Waals surface area contributed by atoms with E-state index in [0.717, 1.165) is 0 Å². The van der Waals surface area contributed by atoms with E-state index in [4.69, 9.17) is 22.7 Å². The first-order valence-corrected chi connectivity index (χ1v) is 5.33. The summed E-state index contributed by atoms with van der Waals surface area (Å²) < 4.78 is 7.07. The number of guanidine groups is 1. The SMILES string of the molecule is C=C(Cl)C1=C(NC(=N)N)NI=N1. The highest BCUT2D eigenvalue weighted by atomic mass is 127. The molecule has 0 atom stereocenters. The molecule has 0 saturated heterocycles. The van der Waals surface area contributed by atoms with Crippen LogP contribution in [0, 0.1) is 5.41 Å². The Morgan fingerprint density at radius 1 is 1.83 bits per heavy atom. The van der Waals surface area contributed by atoms with E-state index >= 15 is 0 Å². The van der Waals surface area contributed by atoms with Crippen LogP contribution in [-0.2, 0) is 0 Å². The van der Waals surface area contributed by atoms with Gasteiger partial charge in [-0.15, -0.1) is 0 Å². The van der Waals surface area contributed by atoms with Gasteiger partial charge in [0.1, 0.15) is 32.8 Å². The predicted octanol–water partition coefficient (Wildman–Crippen LogP) is 1.06. The second-order valence-corrected chi connectivity index (χ2v) is 3.89. The molecule has 0 aromatic heterocycles. The molecule has 12 heavy (non-hydrogen) atoms. The minimum atomic E-state index is -0.463. The number of allylic oxidation sites excluding steroid dienone is 1. The Hall–Kier alpha value is -0.630. The summed E-state index contributed by atoms with van der Waals surface area (Å²) in [6.45, 7) is 3.53. The van der Waals surface area contributed by atoms with Gasteiger partial charge in [0.15, 0.2) is 5.96 Å². The van der Waals surface area contributed by atoms with Crippen molar-refractivity contribution in [2.45, 2.75) is 0 Å². The molecule has 1 aliphatic heterocycles. The predicted molar refractivity (Wildman–Crippen MR) is 56.7 cm³/mol. The Kier molecular flexibility index (Phi) is 3.04. The van der Waals surface area contributed by atoms with Crippen molar-refractivity contribution in [2.75, 3.05) is 0 Å². The number of rotatable bonds is 2. The fourth-order valence-electron chi connectivity index (χ4n) is 0.592. The minimum Gasteiger partial charge on any atom is -0.370 e. The van der Waals surface area contributed by atoms with Crippen molar-refractivity contribution in [1.82, 2.24) is 8.85 Å². The molecule has 0 aromatic carbocycles. The van der Waals surface area contributed by atoms with Crippen molar-refractivity contribution < 1.29 is 0 Å². The summed E-state index contributed by atoms with van der Waals surface area (Å²) in [5.41, 5.74) is 5.70. The lowest BCUT2D eigenvalue weighted by atomic mass is 10.4. The van der Waals surface area contributed by atoms with Crippen LogP contribution in [-0.4, -0.2) is 5.96 Å². The Bertz CT molecular complexity index is 294. The van der Waals surface area contributed by atoms with Crippen LogP contribution in [0.3, 0.4) is 0 Å². The van der Waals surface area contributed by atoms with Crippen LogP contribution < -0.4 is 14.6 Å². The Labute approximate surface area is 85.1 Å². The van der Waals surface area contributed by atoms with Crippen LogP contribution in [0.1, 0.15) is 0 Å². The van der Waals surface area contributed by atoms with Gasteiger partial charge in [0.25, 0.3) is 0 Å². The third kappa shape index (κ3) is 2.18. The molecular weight excluding hydrogens is 292 g/mol. The second kappa shape index (κ2) is 3.85. The zero-order valence-electron chi connectivity index (χ0n) is 5.99. The van der Waals surface area contributed by atoms with Crippen LogP contribution in [0.5, 0.6) is 0 Å². The number of nitrogens with zero attached hydrogens (tertiary/aromatic N) is 1.